The number of rotatable bonds is 2. The molecule has 1 saturated carbocycles. The summed E-state index contributed by atoms with van der Waals surface area (Å²) in [6.07, 6.45) is 0. The first-order chi connectivity index (χ1) is 9.16. The number of hydrogen-bond acceptors (Lipinski definition) is 2. The van der Waals surface area contributed by atoms with Crippen LogP contribution in [0.15, 0.2) is 12.1 Å². The third-order valence-corrected chi connectivity index (χ3v) is 5.79. The van der Waals surface area contributed by atoms with Crippen LogP contribution in [0, 0.1) is 22.6 Å². The van der Waals surface area contributed by atoms with Gasteiger partial charge in [0.05, 0.1) is 16.1 Å². The van der Waals surface area contributed by atoms with E-state index < -0.39 is 5.82 Å². The average Bonchev–Trinajstić information content (AvgIpc) is 2.60. The third-order valence-electron chi connectivity index (χ3n) is 5.50. The first-order valence-corrected chi connectivity index (χ1v) is 7.15. The van der Waals surface area contributed by atoms with Crippen molar-refractivity contribution < 1.29 is 4.39 Å². The molecule has 0 bridgehead atoms. The molecule has 2 N–H and O–H groups in total. The molecular weight excluding hydrogens is 277 g/mol. The zero-order chi connectivity index (χ0) is 14.9. The Kier molecular flexibility index (Phi) is 2.65. The van der Waals surface area contributed by atoms with Gasteiger partial charge in [-0.3, -0.25) is 0 Å². The van der Waals surface area contributed by atoms with Crippen molar-refractivity contribution in [2.24, 2.45) is 16.7 Å². The minimum atomic E-state index is -0.436. The second-order valence-electron chi connectivity index (χ2n) is 6.83. The second kappa shape index (κ2) is 3.88. The summed E-state index contributed by atoms with van der Waals surface area (Å²) in [6, 6.07) is 2.95. The molecule has 1 aliphatic carbocycles. The number of imidazole rings is 1. The molecule has 1 aliphatic rings. The molecule has 0 unspecified atom stereocenters. The zero-order valence-corrected chi connectivity index (χ0v) is 12.9. The van der Waals surface area contributed by atoms with Crippen LogP contribution in [0.1, 0.15) is 27.7 Å². The van der Waals surface area contributed by atoms with Gasteiger partial charge in [0, 0.05) is 12.6 Å². The first-order valence-electron chi connectivity index (χ1n) is 6.77. The Morgan fingerprint density at radius 1 is 1.30 bits per heavy atom. The van der Waals surface area contributed by atoms with Crippen LogP contribution in [0.5, 0.6) is 0 Å². The fourth-order valence-corrected chi connectivity index (χ4v) is 3.46. The van der Waals surface area contributed by atoms with Crippen LogP contribution < -0.4 is 5.73 Å². The van der Waals surface area contributed by atoms with Crippen molar-refractivity contribution in [2.45, 2.75) is 34.2 Å². The lowest BCUT2D eigenvalue weighted by molar-refractivity contribution is 0.457. The summed E-state index contributed by atoms with van der Waals surface area (Å²) in [4.78, 5) is 4.28. The number of hydrogen-bond donors (Lipinski definition) is 1. The number of aromatic nitrogens is 2. The Bertz CT molecular complexity index is 689. The topological polar surface area (TPSA) is 43.8 Å². The molecule has 1 aromatic heterocycles. The maximum atomic E-state index is 13.7. The standard InChI is InChI=1S/C15H19ClFN3/c1-14(2)12(15(14,3)4)7-20-11-6-9(17)8(16)5-10(11)19-13(20)18/h5-6,12H,7H2,1-4H3,(H2,18,19). The van der Waals surface area contributed by atoms with E-state index in [1.54, 1.807) is 0 Å². The molecule has 1 fully saturated rings. The van der Waals surface area contributed by atoms with Crippen molar-refractivity contribution >= 4 is 28.6 Å². The quantitative estimate of drug-likeness (QED) is 0.907. The van der Waals surface area contributed by atoms with Gasteiger partial charge < -0.3 is 10.3 Å². The number of nitrogens with zero attached hydrogens (tertiary/aromatic N) is 2. The number of halogens is 2. The van der Waals surface area contributed by atoms with E-state index in [1.165, 1.54) is 12.1 Å². The lowest BCUT2D eigenvalue weighted by Gasteiger charge is -2.08. The highest BCUT2D eigenvalue weighted by molar-refractivity contribution is 6.31. The Morgan fingerprint density at radius 3 is 2.45 bits per heavy atom. The molecular formula is C15H19ClFN3. The predicted molar refractivity (Wildman–Crippen MR) is 80.2 cm³/mol. The first kappa shape index (κ1) is 13.7. The van der Waals surface area contributed by atoms with E-state index in [1.807, 2.05) is 4.57 Å². The Balaban J connectivity index is 2.05. The molecule has 108 valence electrons. The van der Waals surface area contributed by atoms with Gasteiger partial charge in [0.25, 0.3) is 0 Å². The maximum absolute atomic E-state index is 13.7. The fourth-order valence-electron chi connectivity index (χ4n) is 3.30. The van der Waals surface area contributed by atoms with Gasteiger partial charge in [-0.05, 0) is 22.8 Å². The van der Waals surface area contributed by atoms with Gasteiger partial charge in [0.2, 0.25) is 5.95 Å². The average molecular weight is 296 g/mol. The molecule has 3 nitrogen and oxygen atoms in total. The minimum absolute atomic E-state index is 0.0780. The molecule has 3 rings (SSSR count). The summed E-state index contributed by atoms with van der Waals surface area (Å²) in [5.41, 5.74) is 7.85. The number of anilines is 1. The monoisotopic (exact) mass is 295 g/mol. The second-order valence-corrected chi connectivity index (χ2v) is 7.24. The van der Waals surface area contributed by atoms with Crippen LogP contribution in [-0.4, -0.2) is 9.55 Å². The molecule has 1 aromatic carbocycles. The van der Waals surface area contributed by atoms with E-state index in [-0.39, 0.29) is 15.9 Å². The molecule has 0 radical (unpaired) electrons. The van der Waals surface area contributed by atoms with Gasteiger partial charge in [0.15, 0.2) is 0 Å². The number of nitrogen functional groups attached to an aromatic ring is 1. The SMILES string of the molecule is CC1(C)C(Cn2c(N)nc3cc(Cl)c(F)cc32)C1(C)C. The maximum Gasteiger partial charge on any atom is 0.201 e. The van der Waals surface area contributed by atoms with Gasteiger partial charge in [-0.15, -0.1) is 0 Å². The molecule has 0 atom stereocenters. The minimum Gasteiger partial charge on any atom is -0.369 e. The van der Waals surface area contributed by atoms with Crippen LogP contribution >= 0.6 is 11.6 Å². The largest absolute Gasteiger partial charge is 0.369 e. The van der Waals surface area contributed by atoms with Crippen molar-refractivity contribution in [3.63, 3.8) is 0 Å². The molecule has 20 heavy (non-hydrogen) atoms. The lowest BCUT2D eigenvalue weighted by atomic mass is 10.0. The van der Waals surface area contributed by atoms with Crippen molar-refractivity contribution in [3.05, 3.63) is 23.0 Å². The highest BCUT2D eigenvalue weighted by Crippen LogP contribution is 2.69. The van der Waals surface area contributed by atoms with E-state index >= 15 is 0 Å². The number of fused-ring (bicyclic) bond motifs is 1. The van der Waals surface area contributed by atoms with Crippen molar-refractivity contribution in [1.82, 2.24) is 9.55 Å². The highest BCUT2D eigenvalue weighted by atomic mass is 35.5. The lowest BCUT2D eigenvalue weighted by Crippen LogP contribution is -2.08. The van der Waals surface area contributed by atoms with Gasteiger partial charge >= 0.3 is 0 Å². The fraction of sp³-hybridized carbons (Fsp3) is 0.533. The normalized spacial score (nSPS) is 20.5. The molecule has 2 aromatic rings. The van der Waals surface area contributed by atoms with Crippen LogP contribution in [0.3, 0.4) is 0 Å². The molecule has 0 aliphatic heterocycles. The number of benzene rings is 1. The number of nitrogens with two attached hydrogens (primary N) is 1. The molecule has 1 heterocycles. The zero-order valence-electron chi connectivity index (χ0n) is 12.2. The highest BCUT2D eigenvalue weighted by Gasteiger charge is 2.64. The van der Waals surface area contributed by atoms with E-state index in [2.05, 4.69) is 32.7 Å². The molecule has 0 amide bonds. The summed E-state index contributed by atoms with van der Waals surface area (Å²) in [7, 11) is 0. The van der Waals surface area contributed by atoms with Gasteiger partial charge in [0.1, 0.15) is 5.82 Å². The predicted octanol–water partition coefficient (Wildman–Crippen LogP) is 4.09. The van der Waals surface area contributed by atoms with Crippen molar-refractivity contribution in [1.29, 1.82) is 0 Å². The molecule has 5 heteroatoms. The van der Waals surface area contributed by atoms with Gasteiger partial charge in [-0.2, -0.15) is 0 Å². The molecule has 0 saturated heterocycles. The van der Waals surface area contributed by atoms with E-state index in [0.717, 1.165) is 6.54 Å². The summed E-state index contributed by atoms with van der Waals surface area (Å²) in [6.45, 7) is 9.77. The van der Waals surface area contributed by atoms with Gasteiger partial charge in [-0.25, -0.2) is 9.37 Å². The summed E-state index contributed by atoms with van der Waals surface area (Å²) >= 11 is 5.79. The summed E-state index contributed by atoms with van der Waals surface area (Å²) in [5.74, 6) is 0.475. The van der Waals surface area contributed by atoms with E-state index in [0.29, 0.717) is 22.9 Å². The Hall–Kier alpha value is -1.29. The summed E-state index contributed by atoms with van der Waals surface area (Å²) in [5, 5.41) is 0.0780. The van der Waals surface area contributed by atoms with Crippen molar-refractivity contribution in [3.8, 4) is 0 Å². The van der Waals surface area contributed by atoms with Crippen LogP contribution in [0.2, 0.25) is 5.02 Å². The van der Waals surface area contributed by atoms with Crippen LogP contribution in [0.25, 0.3) is 11.0 Å². The third kappa shape index (κ3) is 1.67. The molecule has 0 spiro atoms. The van der Waals surface area contributed by atoms with E-state index in [4.69, 9.17) is 17.3 Å². The van der Waals surface area contributed by atoms with Crippen LogP contribution in [-0.2, 0) is 6.54 Å². The Labute approximate surface area is 122 Å². The van der Waals surface area contributed by atoms with E-state index in [9.17, 15) is 4.39 Å². The van der Waals surface area contributed by atoms with Gasteiger partial charge in [-0.1, -0.05) is 39.3 Å². The summed E-state index contributed by atoms with van der Waals surface area (Å²) < 4.78 is 15.6. The smallest absolute Gasteiger partial charge is 0.201 e. The van der Waals surface area contributed by atoms with Crippen molar-refractivity contribution in [2.75, 3.05) is 5.73 Å². The Morgan fingerprint density at radius 2 is 1.90 bits per heavy atom. The van der Waals surface area contributed by atoms with Crippen LogP contribution in [0.4, 0.5) is 10.3 Å².